The summed E-state index contributed by atoms with van der Waals surface area (Å²) in [6.07, 6.45) is 0.356. The third-order valence-electron chi connectivity index (χ3n) is 2.75. The lowest BCUT2D eigenvalue weighted by molar-refractivity contribution is -0.122. The summed E-state index contributed by atoms with van der Waals surface area (Å²) in [4.78, 5) is 23.4. The Morgan fingerprint density at radius 1 is 1.10 bits per heavy atom. The number of carbonyl (C=O) groups excluding carboxylic acids is 2. The van der Waals surface area contributed by atoms with Gasteiger partial charge in [0.2, 0.25) is 11.8 Å². The molecule has 0 saturated heterocycles. The zero-order valence-corrected chi connectivity index (χ0v) is 13.2. The van der Waals surface area contributed by atoms with Gasteiger partial charge in [-0.15, -0.1) is 0 Å². The van der Waals surface area contributed by atoms with Gasteiger partial charge in [-0.3, -0.25) is 9.59 Å². The molecule has 1 rings (SSSR count). The highest BCUT2D eigenvalue weighted by Gasteiger charge is 2.13. The van der Waals surface area contributed by atoms with Crippen LogP contribution in [0.1, 0.15) is 32.8 Å². The van der Waals surface area contributed by atoms with Crippen molar-refractivity contribution in [2.24, 2.45) is 0 Å². The molecule has 0 aliphatic carbocycles. The van der Waals surface area contributed by atoms with E-state index < -0.39 is 0 Å². The maximum absolute atomic E-state index is 11.8. The van der Waals surface area contributed by atoms with Crippen LogP contribution in [-0.4, -0.2) is 30.4 Å². The molecule has 5 nitrogen and oxygen atoms in total. The Kier molecular flexibility index (Phi) is 6.37. The first-order valence-electron chi connectivity index (χ1n) is 7.15. The SMILES string of the molecule is Cc1ccccc1NC(=O)CNCCC(=O)NC(C)(C)C. The molecule has 0 atom stereocenters. The van der Waals surface area contributed by atoms with E-state index in [-0.39, 0.29) is 23.9 Å². The molecule has 0 aromatic heterocycles. The lowest BCUT2D eigenvalue weighted by atomic mass is 10.1. The van der Waals surface area contributed by atoms with Crippen molar-refractivity contribution in [2.45, 2.75) is 39.7 Å². The van der Waals surface area contributed by atoms with Gasteiger partial charge in [-0.1, -0.05) is 18.2 Å². The van der Waals surface area contributed by atoms with Crippen molar-refractivity contribution in [3.8, 4) is 0 Å². The fraction of sp³-hybridized carbons (Fsp3) is 0.500. The summed E-state index contributed by atoms with van der Waals surface area (Å²) >= 11 is 0. The molecule has 0 radical (unpaired) electrons. The van der Waals surface area contributed by atoms with Gasteiger partial charge in [0.1, 0.15) is 0 Å². The molecule has 0 aliphatic heterocycles. The molecule has 0 spiro atoms. The average molecular weight is 291 g/mol. The van der Waals surface area contributed by atoms with Crippen LogP contribution in [0.3, 0.4) is 0 Å². The normalized spacial score (nSPS) is 11.0. The zero-order valence-electron chi connectivity index (χ0n) is 13.2. The third-order valence-corrected chi connectivity index (χ3v) is 2.75. The standard InChI is InChI=1S/C16H25N3O2/c1-12-7-5-6-8-13(12)18-15(21)11-17-10-9-14(20)19-16(2,3)4/h5-8,17H,9-11H2,1-4H3,(H,18,21)(H,19,20). The fourth-order valence-electron chi connectivity index (χ4n) is 1.79. The van der Waals surface area contributed by atoms with E-state index in [1.54, 1.807) is 0 Å². The third kappa shape index (κ3) is 7.46. The van der Waals surface area contributed by atoms with E-state index in [0.717, 1.165) is 11.3 Å². The van der Waals surface area contributed by atoms with Gasteiger partial charge in [0.05, 0.1) is 6.54 Å². The highest BCUT2D eigenvalue weighted by molar-refractivity contribution is 5.92. The molecule has 0 bridgehead atoms. The molecule has 1 aromatic carbocycles. The summed E-state index contributed by atoms with van der Waals surface area (Å²) in [6.45, 7) is 8.43. The van der Waals surface area contributed by atoms with Crippen molar-refractivity contribution in [2.75, 3.05) is 18.4 Å². The number of hydrogen-bond donors (Lipinski definition) is 3. The summed E-state index contributed by atoms with van der Waals surface area (Å²) in [6, 6.07) is 7.62. The predicted molar refractivity (Wildman–Crippen MR) is 85.2 cm³/mol. The second-order valence-corrected chi connectivity index (χ2v) is 6.09. The van der Waals surface area contributed by atoms with Crippen LogP contribution in [0.5, 0.6) is 0 Å². The number of hydrogen-bond acceptors (Lipinski definition) is 3. The van der Waals surface area contributed by atoms with Crippen LogP contribution in [0, 0.1) is 6.92 Å². The number of rotatable bonds is 6. The smallest absolute Gasteiger partial charge is 0.238 e. The van der Waals surface area contributed by atoms with Crippen LogP contribution in [-0.2, 0) is 9.59 Å². The van der Waals surface area contributed by atoms with Gasteiger partial charge < -0.3 is 16.0 Å². The highest BCUT2D eigenvalue weighted by atomic mass is 16.2. The van der Waals surface area contributed by atoms with Crippen LogP contribution in [0.4, 0.5) is 5.69 Å². The average Bonchev–Trinajstić information content (AvgIpc) is 2.35. The molecule has 21 heavy (non-hydrogen) atoms. The highest BCUT2D eigenvalue weighted by Crippen LogP contribution is 2.12. The zero-order chi connectivity index (χ0) is 15.9. The quantitative estimate of drug-likeness (QED) is 0.700. The van der Waals surface area contributed by atoms with Crippen LogP contribution in [0.2, 0.25) is 0 Å². The summed E-state index contributed by atoms with van der Waals surface area (Å²) in [7, 11) is 0. The molecule has 0 heterocycles. The van der Waals surface area contributed by atoms with E-state index >= 15 is 0 Å². The van der Waals surface area contributed by atoms with Crippen molar-refractivity contribution >= 4 is 17.5 Å². The first-order chi connectivity index (χ1) is 9.78. The first kappa shape index (κ1) is 17.2. The van der Waals surface area contributed by atoms with Crippen molar-refractivity contribution in [3.63, 3.8) is 0 Å². The molecular weight excluding hydrogens is 266 g/mol. The Balaban J connectivity index is 2.23. The Hall–Kier alpha value is -1.88. The number of nitrogens with one attached hydrogen (secondary N) is 3. The van der Waals surface area contributed by atoms with E-state index in [2.05, 4.69) is 16.0 Å². The van der Waals surface area contributed by atoms with Gasteiger partial charge in [0.25, 0.3) is 0 Å². The number of amides is 2. The van der Waals surface area contributed by atoms with Gasteiger partial charge in [-0.05, 0) is 39.3 Å². The van der Waals surface area contributed by atoms with Crippen LogP contribution < -0.4 is 16.0 Å². The van der Waals surface area contributed by atoms with Crippen LogP contribution in [0.25, 0.3) is 0 Å². The van der Waals surface area contributed by atoms with Crippen molar-refractivity contribution < 1.29 is 9.59 Å². The van der Waals surface area contributed by atoms with Crippen molar-refractivity contribution in [1.82, 2.24) is 10.6 Å². The molecule has 1 aromatic rings. The maximum atomic E-state index is 11.8. The van der Waals surface area contributed by atoms with Crippen molar-refractivity contribution in [3.05, 3.63) is 29.8 Å². The lowest BCUT2D eigenvalue weighted by Crippen LogP contribution is -2.42. The minimum absolute atomic E-state index is 0.0192. The molecule has 0 aliphatic rings. The Labute approximate surface area is 126 Å². The summed E-state index contributed by atoms with van der Waals surface area (Å²) in [5, 5.41) is 8.68. The molecule has 0 fully saturated rings. The largest absolute Gasteiger partial charge is 0.351 e. The molecule has 5 heteroatoms. The maximum Gasteiger partial charge on any atom is 0.238 e. The Morgan fingerprint density at radius 3 is 2.38 bits per heavy atom. The number of benzene rings is 1. The van der Waals surface area contributed by atoms with Gasteiger partial charge in [0.15, 0.2) is 0 Å². The molecule has 3 N–H and O–H groups in total. The summed E-state index contributed by atoms with van der Waals surface area (Å²) in [5.74, 6) is -0.130. The van der Waals surface area contributed by atoms with E-state index in [1.165, 1.54) is 0 Å². The van der Waals surface area contributed by atoms with Gasteiger partial charge in [0, 0.05) is 24.2 Å². The Bertz CT molecular complexity index is 493. The molecule has 116 valence electrons. The number of anilines is 1. The minimum atomic E-state index is -0.223. The number of para-hydroxylation sites is 1. The summed E-state index contributed by atoms with van der Waals surface area (Å²) in [5.41, 5.74) is 1.62. The monoisotopic (exact) mass is 291 g/mol. The topological polar surface area (TPSA) is 70.2 Å². The van der Waals surface area contributed by atoms with Crippen LogP contribution in [0.15, 0.2) is 24.3 Å². The second-order valence-electron chi connectivity index (χ2n) is 6.09. The molecule has 0 saturated carbocycles. The lowest BCUT2D eigenvalue weighted by Gasteiger charge is -2.20. The first-order valence-corrected chi connectivity index (χ1v) is 7.15. The Morgan fingerprint density at radius 2 is 1.76 bits per heavy atom. The van der Waals surface area contributed by atoms with Gasteiger partial charge in [-0.25, -0.2) is 0 Å². The minimum Gasteiger partial charge on any atom is -0.351 e. The molecular formula is C16H25N3O2. The van der Waals surface area contributed by atoms with Gasteiger partial charge >= 0.3 is 0 Å². The van der Waals surface area contributed by atoms with Gasteiger partial charge in [-0.2, -0.15) is 0 Å². The molecule has 2 amide bonds. The van der Waals surface area contributed by atoms with E-state index in [4.69, 9.17) is 0 Å². The second kappa shape index (κ2) is 7.78. The van der Waals surface area contributed by atoms with E-state index in [9.17, 15) is 9.59 Å². The number of aryl methyl sites for hydroxylation is 1. The number of carbonyl (C=O) groups is 2. The molecule has 0 unspecified atom stereocenters. The fourth-order valence-corrected chi connectivity index (χ4v) is 1.79. The van der Waals surface area contributed by atoms with Crippen molar-refractivity contribution in [1.29, 1.82) is 0 Å². The summed E-state index contributed by atoms with van der Waals surface area (Å²) < 4.78 is 0. The van der Waals surface area contributed by atoms with Crippen LogP contribution >= 0.6 is 0 Å². The van der Waals surface area contributed by atoms with E-state index in [1.807, 2.05) is 52.0 Å². The van der Waals surface area contributed by atoms with E-state index in [0.29, 0.717) is 13.0 Å². The predicted octanol–water partition coefficient (Wildman–Crippen LogP) is 1.83.